The van der Waals surface area contributed by atoms with Gasteiger partial charge >= 0.3 is 0 Å². The van der Waals surface area contributed by atoms with Crippen molar-refractivity contribution >= 4 is 17.1 Å². The van der Waals surface area contributed by atoms with Gasteiger partial charge in [-0.15, -0.1) is 11.3 Å². The van der Waals surface area contributed by atoms with Gasteiger partial charge in [-0.1, -0.05) is 13.8 Å². The van der Waals surface area contributed by atoms with E-state index in [1.165, 1.54) is 11.3 Å². The lowest BCUT2D eigenvalue weighted by Crippen LogP contribution is -2.04. The van der Waals surface area contributed by atoms with Gasteiger partial charge in [0.05, 0.1) is 10.4 Å². The Bertz CT molecular complexity index is 333. The molecule has 0 bridgehead atoms. The Morgan fingerprint density at radius 3 is 2.75 bits per heavy atom. The van der Waals surface area contributed by atoms with Crippen LogP contribution in [0.2, 0.25) is 0 Å². The van der Waals surface area contributed by atoms with Gasteiger partial charge in [0.1, 0.15) is 6.07 Å². The normalized spacial score (nSPS) is 9.83. The maximum Gasteiger partial charge on any atom is 0.175 e. The molecule has 12 heavy (non-hydrogen) atoms. The Hall–Kier alpha value is -1.14. The van der Waals surface area contributed by atoms with Crippen LogP contribution in [0.4, 0.5) is 0 Å². The van der Waals surface area contributed by atoms with Crippen LogP contribution in [0.25, 0.3) is 0 Å². The van der Waals surface area contributed by atoms with Crippen molar-refractivity contribution in [1.82, 2.24) is 0 Å². The van der Waals surface area contributed by atoms with E-state index >= 15 is 0 Å². The molecule has 0 N–H and O–H groups in total. The summed E-state index contributed by atoms with van der Waals surface area (Å²) in [5.41, 5.74) is 0.573. The molecule has 1 aromatic heterocycles. The largest absolute Gasteiger partial charge is 0.293 e. The Balaban J connectivity index is 2.91. The molecule has 0 aliphatic rings. The maximum atomic E-state index is 11.4. The molecule has 0 saturated heterocycles. The van der Waals surface area contributed by atoms with E-state index in [0.717, 1.165) is 0 Å². The fourth-order valence-electron chi connectivity index (χ4n) is 0.809. The van der Waals surface area contributed by atoms with E-state index in [2.05, 4.69) is 0 Å². The van der Waals surface area contributed by atoms with Gasteiger partial charge in [-0.3, -0.25) is 4.79 Å². The topological polar surface area (TPSA) is 40.9 Å². The van der Waals surface area contributed by atoms with Crippen LogP contribution in [0.5, 0.6) is 0 Å². The van der Waals surface area contributed by atoms with Gasteiger partial charge in [0, 0.05) is 11.3 Å². The predicted octanol–water partition coefficient (Wildman–Crippen LogP) is 2.46. The third kappa shape index (κ3) is 1.72. The van der Waals surface area contributed by atoms with E-state index in [9.17, 15) is 4.79 Å². The number of hydrogen-bond donors (Lipinski definition) is 0. The van der Waals surface area contributed by atoms with Crippen LogP contribution in [0, 0.1) is 17.2 Å². The third-order valence-corrected chi connectivity index (χ3v) is 2.44. The van der Waals surface area contributed by atoms with Crippen molar-refractivity contribution in [2.75, 3.05) is 0 Å². The van der Waals surface area contributed by atoms with Crippen molar-refractivity contribution in [3.05, 3.63) is 21.9 Å². The second kappa shape index (κ2) is 3.51. The van der Waals surface area contributed by atoms with Gasteiger partial charge in [-0.05, 0) is 6.07 Å². The second-order valence-corrected chi connectivity index (χ2v) is 3.74. The lowest BCUT2D eigenvalue weighted by atomic mass is 10.1. The molecule has 0 aliphatic carbocycles. The summed E-state index contributed by atoms with van der Waals surface area (Å²) < 4.78 is 0. The highest BCUT2D eigenvalue weighted by Crippen LogP contribution is 2.17. The molecule has 1 rings (SSSR count). The summed E-state index contributed by atoms with van der Waals surface area (Å²) in [6.45, 7) is 3.71. The summed E-state index contributed by atoms with van der Waals surface area (Å²) in [6, 6.07) is 3.65. The lowest BCUT2D eigenvalue weighted by Gasteiger charge is -1.98. The quantitative estimate of drug-likeness (QED) is 0.654. The molecule has 1 heterocycles. The number of rotatable bonds is 2. The second-order valence-electron chi connectivity index (χ2n) is 2.83. The number of nitriles is 1. The first kappa shape index (κ1) is 8.95. The SMILES string of the molecule is CC(C)C(=O)c1cc(C#N)cs1. The van der Waals surface area contributed by atoms with Crippen LogP contribution in [0.3, 0.4) is 0 Å². The first-order valence-corrected chi connectivity index (χ1v) is 4.56. The smallest absolute Gasteiger partial charge is 0.175 e. The van der Waals surface area contributed by atoms with Crippen molar-refractivity contribution in [3.63, 3.8) is 0 Å². The summed E-state index contributed by atoms with van der Waals surface area (Å²) in [7, 11) is 0. The van der Waals surface area contributed by atoms with E-state index < -0.39 is 0 Å². The van der Waals surface area contributed by atoms with Gasteiger partial charge < -0.3 is 0 Å². The first-order valence-electron chi connectivity index (χ1n) is 3.68. The average Bonchev–Trinajstić information content (AvgIpc) is 2.50. The van der Waals surface area contributed by atoms with E-state index in [1.807, 2.05) is 19.9 Å². The van der Waals surface area contributed by atoms with Crippen molar-refractivity contribution in [1.29, 1.82) is 5.26 Å². The minimum absolute atomic E-state index is 0.00944. The fourth-order valence-corrected chi connectivity index (χ4v) is 1.73. The molecule has 1 aromatic rings. The minimum Gasteiger partial charge on any atom is -0.293 e. The number of nitrogens with zero attached hydrogens (tertiary/aromatic N) is 1. The minimum atomic E-state index is 0.00944. The van der Waals surface area contributed by atoms with Crippen LogP contribution in [-0.2, 0) is 0 Å². The van der Waals surface area contributed by atoms with Gasteiger partial charge in [-0.2, -0.15) is 5.26 Å². The monoisotopic (exact) mass is 179 g/mol. The Morgan fingerprint density at radius 1 is 1.67 bits per heavy atom. The third-order valence-electron chi connectivity index (χ3n) is 1.50. The van der Waals surface area contributed by atoms with E-state index in [-0.39, 0.29) is 11.7 Å². The van der Waals surface area contributed by atoms with Crippen LogP contribution >= 0.6 is 11.3 Å². The molecular formula is C9H9NOS. The number of hydrogen-bond acceptors (Lipinski definition) is 3. The predicted molar refractivity (Wildman–Crippen MR) is 48.2 cm³/mol. The molecular weight excluding hydrogens is 170 g/mol. The highest BCUT2D eigenvalue weighted by molar-refractivity contribution is 7.12. The molecule has 62 valence electrons. The average molecular weight is 179 g/mol. The number of ketones is 1. The molecule has 0 spiro atoms. The van der Waals surface area contributed by atoms with Crippen LogP contribution < -0.4 is 0 Å². The molecule has 0 saturated carbocycles. The van der Waals surface area contributed by atoms with Gasteiger partial charge in [0.15, 0.2) is 5.78 Å². The summed E-state index contributed by atoms with van der Waals surface area (Å²) in [4.78, 5) is 12.1. The van der Waals surface area contributed by atoms with Crippen molar-refractivity contribution in [2.45, 2.75) is 13.8 Å². The zero-order valence-corrected chi connectivity index (χ0v) is 7.81. The van der Waals surface area contributed by atoms with Crippen LogP contribution in [-0.4, -0.2) is 5.78 Å². The number of Topliss-reactive ketones (excluding diaryl/α,β-unsaturated/α-hetero) is 1. The van der Waals surface area contributed by atoms with Crippen molar-refractivity contribution in [2.24, 2.45) is 5.92 Å². The van der Waals surface area contributed by atoms with E-state index in [0.29, 0.717) is 10.4 Å². The molecule has 0 aromatic carbocycles. The van der Waals surface area contributed by atoms with Crippen molar-refractivity contribution < 1.29 is 4.79 Å². The van der Waals surface area contributed by atoms with Crippen LogP contribution in [0.1, 0.15) is 29.1 Å². The first-order chi connectivity index (χ1) is 5.65. The standard InChI is InChI=1S/C9H9NOS/c1-6(2)9(11)8-3-7(4-10)5-12-8/h3,5-6H,1-2H3. The summed E-state index contributed by atoms with van der Waals surface area (Å²) in [5.74, 6) is 0.122. The summed E-state index contributed by atoms with van der Waals surface area (Å²) in [5, 5.41) is 10.2. The van der Waals surface area contributed by atoms with Crippen molar-refractivity contribution in [3.8, 4) is 6.07 Å². The zero-order chi connectivity index (χ0) is 9.14. The lowest BCUT2D eigenvalue weighted by molar-refractivity contribution is 0.0943. The highest BCUT2D eigenvalue weighted by Gasteiger charge is 2.12. The van der Waals surface area contributed by atoms with Gasteiger partial charge in [0.2, 0.25) is 0 Å². The summed E-state index contributed by atoms with van der Waals surface area (Å²) >= 11 is 1.34. The van der Waals surface area contributed by atoms with Crippen LogP contribution in [0.15, 0.2) is 11.4 Å². The molecule has 0 unspecified atom stereocenters. The zero-order valence-electron chi connectivity index (χ0n) is 7.00. The fraction of sp³-hybridized carbons (Fsp3) is 0.333. The molecule has 0 fully saturated rings. The Morgan fingerprint density at radius 2 is 2.33 bits per heavy atom. The van der Waals surface area contributed by atoms with E-state index in [1.54, 1.807) is 11.4 Å². The number of thiophene rings is 1. The summed E-state index contributed by atoms with van der Waals surface area (Å²) in [6.07, 6.45) is 0. The highest BCUT2D eigenvalue weighted by atomic mass is 32.1. The molecule has 0 amide bonds. The molecule has 2 nitrogen and oxygen atoms in total. The number of carbonyl (C=O) groups is 1. The molecule has 0 radical (unpaired) electrons. The van der Waals surface area contributed by atoms with Gasteiger partial charge in [0.25, 0.3) is 0 Å². The molecule has 0 atom stereocenters. The van der Waals surface area contributed by atoms with Gasteiger partial charge in [-0.25, -0.2) is 0 Å². The number of carbonyl (C=O) groups excluding carboxylic acids is 1. The molecule has 0 aliphatic heterocycles. The van der Waals surface area contributed by atoms with E-state index in [4.69, 9.17) is 5.26 Å². The maximum absolute atomic E-state index is 11.4. The Labute approximate surface area is 75.5 Å². The Kier molecular flexibility index (Phi) is 2.61. The molecule has 3 heteroatoms.